The Morgan fingerprint density at radius 1 is 1.26 bits per heavy atom. The predicted octanol–water partition coefficient (Wildman–Crippen LogP) is 3.07. The van der Waals surface area contributed by atoms with Gasteiger partial charge in [-0.25, -0.2) is 0 Å². The van der Waals surface area contributed by atoms with Gasteiger partial charge in [0.25, 0.3) is 5.69 Å². The van der Waals surface area contributed by atoms with Crippen molar-refractivity contribution >= 4 is 40.0 Å². The van der Waals surface area contributed by atoms with Gasteiger partial charge in [0.15, 0.2) is 0 Å². The fraction of sp³-hybridized carbons (Fsp3) is 0.133. The number of nitro benzene ring substituents is 1. The van der Waals surface area contributed by atoms with Crippen molar-refractivity contribution in [2.45, 2.75) is 12.3 Å². The largest absolute Gasteiger partial charge is 0.326 e. The Morgan fingerprint density at radius 3 is 2.96 bits per heavy atom. The first-order valence-electron chi connectivity index (χ1n) is 6.93. The summed E-state index contributed by atoms with van der Waals surface area (Å²) >= 11 is 1.11. The van der Waals surface area contributed by atoms with Crippen LogP contribution in [0.5, 0.6) is 0 Å². The molecule has 1 amide bonds. The van der Waals surface area contributed by atoms with Gasteiger partial charge >= 0.3 is 0 Å². The monoisotopic (exact) mass is 326 g/mol. The maximum Gasteiger partial charge on any atom is 0.269 e. The standard InChI is InChI=1S/C15H10N4O3S/c20-13-7-10(8-2-1-3-9(6-8)19(21)22)14-11(16-13)4-5-12-15(14)18-23-17-12/h1-6,10H,7H2,(H,16,20)/t10-/m0/s1. The van der Waals surface area contributed by atoms with E-state index in [2.05, 4.69) is 14.1 Å². The van der Waals surface area contributed by atoms with Crippen LogP contribution >= 0.6 is 11.7 Å². The van der Waals surface area contributed by atoms with Crippen molar-refractivity contribution in [3.05, 3.63) is 57.6 Å². The van der Waals surface area contributed by atoms with Crippen molar-refractivity contribution in [2.75, 3.05) is 5.32 Å². The van der Waals surface area contributed by atoms with Gasteiger partial charge in [-0.05, 0) is 17.7 Å². The molecule has 0 aliphatic carbocycles. The zero-order chi connectivity index (χ0) is 16.0. The van der Waals surface area contributed by atoms with Crippen molar-refractivity contribution in [3.63, 3.8) is 0 Å². The first kappa shape index (κ1) is 13.8. The van der Waals surface area contributed by atoms with Crippen molar-refractivity contribution in [1.82, 2.24) is 8.75 Å². The molecule has 0 unspecified atom stereocenters. The predicted molar refractivity (Wildman–Crippen MR) is 85.6 cm³/mol. The smallest absolute Gasteiger partial charge is 0.269 e. The van der Waals surface area contributed by atoms with E-state index in [9.17, 15) is 14.9 Å². The molecule has 0 radical (unpaired) electrons. The second-order valence-corrected chi connectivity index (χ2v) is 5.84. The highest BCUT2D eigenvalue weighted by molar-refractivity contribution is 7.00. The molecule has 7 nitrogen and oxygen atoms in total. The molecule has 1 aliphatic rings. The third-order valence-electron chi connectivity index (χ3n) is 3.96. The number of nitrogens with one attached hydrogen (secondary N) is 1. The topological polar surface area (TPSA) is 98.0 Å². The average molecular weight is 326 g/mol. The number of nitrogens with zero attached hydrogens (tertiary/aromatic N) is 3. The molecule has 0 fully saturated rings. The van der Waals surface area contributed by atoms with Crippen LogP contribution in [0.4, 0.5) is 11.4 Å². The Labute approximate surface area is 134 Å². The number of rotatable bonds is 2. The maximum atomic E-state index is 12.0. The fourth-order valence-corrected chi connectivity index (χ4v) is 3.51. The van der Waals surface area contributed by atoms with E-state index in [1.165, 1.54) is 12.1 Å². The Bertz CT molecular complexity index is 953. The van der Waals surface area contributed by atoms with Gasteiger partial charge in [0.2, 0.25) is 5.91 Å². The summed E-state index contributed by atoms with van der Waals surface area (Å²) in [6.45, 7) is 0. The van der Waals surface area contributed by atoms with E-state index in [0.717, 1.165) is 33.9 Å². The van der Waals surface area contributed by atoms with Gasteiger partial charge < -0.3 is 5.32 Å². The number of amides is 1. The van der Waals surface area contributed by atoms with E-state index in [-0.39, 0.29) is 23.9 Å². The van der Waals surface area contributed by atoms with E-state index in [1.54, 1.807) is 18.2 Å². The van der Waals surface area contributed by atoms with E-state index in [4.69, 9.17) is 0 Å². The molecule has 114 valence electrons. The number of fused-ring (bicyclic) bond motifs is 3. The average Bonchev–Trinajstić information content (AvgIpc) is 3.02. The van der Waals surface area contributed by atoms with Gasteiger partial charge in [-0.15, -0.1) is 0 Å². The number of non-ortho nitro benzene ring substituents is 1. The van der Waals surface area contributed by atoms with E-state index < -0.39 is 4.92 Å². The molecule has 1 atom stereocenters. The second kappa shape index (κ2) is 5.10. The van der Waals surface area contributed by atoms with Gasteiger partial charge in [0, 0.05) is 35.7 Å². The molecule has 2 heterocycles. The number of anilines is 1. The van der Waals surface area contributed by atoms with Crippen LogP contribution in [-0.4, -0.2) is 19.6 Å². The maximum absolute atomic E-state index is 12.0. The Balaban J connectivity index is 1.93. The summed E-state index contributed by atoms with van der Waals surface area (Å²) in [5.74, 6) is -0.386. The number of aromatic nitrogens is 2. The molecule has 1 aliphatic heterocycles. The molecule has 1 N–H and O–H groups in total. The van der Waals surface area contributed by atoms with Crippen LogP contribution in [0.15, 0.2) is 36.4 Å². The molecule has 23 heavy (non-hydrogen) atoms. The molecule has 4 rings (SSSR count). The molecule has 1 aromatic heterocycles. The zero-order valence-electron chi connectivity index (χ0n) is 11.7. The summed E-state index contributed by atoms with van der Waals surface area (Å²) in [7, 11) is 0. The number of carbonyl (C=O) groups excluding carboxylic acids is 1. The lowest BCUT2D eigenvalue weighted by Gasteiger charge is -2.26. The number of hydrogen-bond acceptors (Lipinski definition) is 6. The van der Waals surface area contributed by atoms with Crippen molar-refractivity contribution in [2.24, 2.45) is 0 Å². The van der Waals surface area contributed by atoms with Gasteiger partial charge in [-0.2, -0.15) is 8.75 Å². The quantitative estimate of drug-likeness (QED) is 0.576. The second-order valence-electron chi connectivity index (χ2n) is 5.32. The Kier molecular flexibility index (Phi) is 3.05. The van der Waals surface area contributed by atoms with Crippen LogP contribution in [0.2, 0.25) is 0 Å². The summed E-state index contributed by atoms with van der Waals surface area (Å²) in [6, 6.07) is 10.0. The van der Waals surface area contributed by atoms with E-state index >= 15 is 0 Å². The number of hydrogen-bond donors (Lipinski definition) is 1. The molecule has 0 saturated carbocycles. The number of benzene rings is 2. The lowest BCUT2D eigenvalue weighted by Crippen LogP contribution is -2.23. The summed E-state index contributed by atoms with van der Waals surface area (Å²) in [5.41, 5.74) is 3.81. The SMILES string of the molecule is O=C1C[C@@H](c2cccc([N+](=O)[O-])c2)c2c(ccc3nsnc23)N1. The molecular formula is C15H10N4O3S. The van der Waals surface area contributed by atoms with E-state index in [1.807, 2.05) is 6.07 Å². The number of nitro groups is 1. The molecule has 0 spiro atoms. The van der Waals surface area contributed by atoms with Crippen molar-refractivity contribution in [1.29, 1.82) is 0 Å². The van der Waals surface area contributed by atoms with Gasteiger partial charge in [-0.3, -0.25) is 14.9 Å². The minimum absolute atomic E-state index is 0.0126. The van der Waals surface area contributed by atoms with Crippen LogP contribution in [0.3, 0.4) is 0 Å². The summed E-state index contributed by atoms with van der Waals surface area (Å²) in [4.78, 5) is 22.6. The highest BCUT2D eigenvalue weighted by Gasteiger charge is 2.30. The van der Waals surface area contributed by atoms with Gasteiger partial charge in [-0.1, -0.05) is 12.1 Å². The number of carbonyl (C=O) groups is 1. The summed E-state index contributed by atoms with van der Waals surface area (Å²) in [6.07, 6.45) is 0.227. The van der Waals surface area contributed by atoms with Gasteiger partial charge in [0.05, 0.1) is 16.7 Å². The lowest BCUT2D eigenvalue weighted by atomic mass is 9.84. The summed E-state index contributed by atoms with van der Waals surface area (Å²) in [5, 5.41) is 13.9. The van der Waals surface area contributed by atoms with Crippen LogP contribution in [0.1, 0.15) is 23.5 Å². The zero-order valence-corrected chi connectivity index (χ0v) is 12.5. The van der Waals surface area contributed by atoms with Crippen LogP contribution in [-0.2, 0) is 4.79 Å². The lowest BCUT2D eigenvalue weighted by molar-refractivity contribution is -0.384. The fourth-order valence-electron chi connectivity index (χ4n) is 2.96. The molecular weight excluding hydrogens is 316 g/mol. The van der Waals surface area contributed by atoms with Crippen LogP contribution < -0.4 is 5.32 Å². The molecule has 2 aromatic carbocycles. The highest BCUT2D eigenvalue weighted by Crippen LogP contribution is 2.41. The first-order chi connectivity index (χ1) is 11.1. The molecule has 8 heteroatoms. The van der Waals surface area contributed by atoms with Crippen molar-refractivity contribution < 1.29 is 9.72 Å². The minimum Gasteiger partial charge on any atom is -0.326 e. The van der Waals surface area contributed by atoms with Crippen molar-refractivity contribution in [3.8, 4) is 0 Å². The molecule has 3 aromatic rings. The molecule has 0 saturated heterocycles. The van der Waals surface area contributed by atoms with Crippen LogP contribution in [0, 0.1) is 10.1 Å². The highest BCUT2D eigenvalue weighted by atomic mass is 32.1. The first-order valence-corrected chi connectivity index (χ1v) is 7.66. The van der Waals surface area contributed by atoms with Gasteiger partial charge in [0.1, 0.15) is 11.0 Å². The van der Waals surface area contributed by atoms with Crippen LogP contribution in [0.25, 0.3) is 11.0 Å². The third kappa shape index (κ3) is 2.23. The summed E-state index contributed by atoms with van der Waals surface area (Å²) < 4.78 is 8.57. The normalized spacial score (nSPS) is 16.9. The minimum atomic E-state index is -0.432. The third-order valence-corrected chi connectivity index (χ3v) is 4.51. The Hall–Kier alpha value is -2.87. The Morgan fingerprint density at radius 2 is 2.13 bits per heavy atom. The van der Waals surface area contributed by atoms with E-state index in [0.29, 0.717) is 5.69 Å². The molecule has 0 bridgehead atoms.